The summed E-state index contributed by atoms with van der Waals surface area (Å²) in [6, 6.07) is 6.46. The lowest BCUT2D eigenvalue weighted by Gasteiger charge is -2.11. The van der Waals surface area contributed by atoms with Gasteiger partial charge in [0.25, 0.3) is 5.69 Å². The number of nitrogens with zero attached hydrogens (tertiary/aromatic N) is 3. The van der Waals surface area contributed by atoms with Gasteiger partial charge in [-0.2, -0.15) is 0 Å². The highest BCUT2D eigenvalue weighted by Gasteiger charge is 2.05. The molecule has 8 heteroatoms. The summed E-state index contributed by atoms with van der Waals surface area (Å²) in [5.74, 6) is 0.690. The number of hydrogen-bond donors (Lipinski definition) is 2. The Morgan fingerprint density at radius 2 is 2.09 bits per heavy atom. The zero-order valence-corrected chi connectivity index (χ0v) is 13.9. The maximum Gasteiger partial charge on any atom is 0.269 e. The zero-order valence-electron chi connectivity index (χ0n) is 13.1. The van der Waals surface area contributed by atoms with Crippen LogP contribution in [0.5, 0.6) is 0 Å². The SMILES string of the molecule is CN=C(NCCc1csc(C)n1)NCc1ccc([N+](=O)[O-])cc1. The number of benzene rings is 1. The summed E-state index contributed by atoms with van der Waals surface area (Å²) in [5, 5.41) is 20.1. The number of nitro groups is 1. The molecular weight excluding hydrogens is 314 g/mol. The topological polar surface area (TPSA) is 92.5 Å². The number of aryl methyl sites for hydroxylation is 1. The van der Waals surface area contributed by atoms with Gasteiger partial charge < -0.3 is 10.6 Å². The molecule has 0 unspecified atom stereocenters. The van der Waals surface area contributed by atoms with Gasteiger partial charge in [0.2, 0.25) is 0 Å². The van der Waals surface area contributed by atoms with Crippen LogP contribution in [-0.2, 0) is 13.0 Å². The average molecular weight is 333 g/mol. The van der Waals surface area contributed by atoms with Crippen molar-refractivity contribution >= 4 is 23.0 Å². The molecule has 7 nitrogen and oxygen atoms in total. The minimum absolute atomic E-state index is 0.0924. The second-order valence-corrected chi connectivity index (χ2v) is 5.95. The van der Waals surface area contributed by atoms with Gasteiger partial charge in [-0.05, 0) is 12.5 Å². The van der Waals surface area contributed by atoms with Crippen LogP contribution in [0.25, 0.3) is 0 Å². The third-order valence-electron chi connectivity index (χ3n) is 3.17. The first-order valence-corrected chi connectivity index (χ1v) is 8.05. The van der Waals surface area contributed by atoms with Gasteiger partial charge in [0.15, 0.2) is 5.96 Å². The van der Waals surface area contributed by atoms with Crippen LogP contribution in [-0.4, -0.2) is 29.5 Å². The summed E-state index contributed by atoms with van der Waals surface area (Å²) in [6.45, 7) is 3.28. The molecule has 2 N–H and O–H groups in total. The van der Waals surface area contributed by atoms with E-state index in [1.807, 2.05) is 6.92 Å². The van der Waals surface area contributed by atoms with E-state index in [4.69, 9.17) is 0 Å². The molecule has 0 saturated carbocycles. The Morgan fingerprint density at radius 3 is 2.65 bits per heavy atom. The van der Waals surface area contributed by atoms with Crippen LogP contribution in [0.3, 0.4) is 0 Å². The number of aromatic nitrogens is 1. The molecule has 0 bridgehead atoms. The molecule has 122 valence electrons. The van der Waals surface area contributed by atoms with Crippen LogP contribution in [0.4, 0.5) is 5.69 Å². The molecule has 0 aliphatic heterocycles. The second-order valence-electron chi connectivity index (χ2n) is 4.88. The van der Waals surface area contributed by atoms with E-state index in [0.29, 0.717) is 12.5 Å². The third kappa shape index (κ3) is 5.33. The van der Waals surface area contributed by atoms with Gasteiger partial charge in [0.05, 0.1) is 15.6 Å². The monoisotopic (exact) mass is 333 g/mol. The second kappa shape index (κ2) is 8.23. The molecule has 23 heavy (non-hydrogen) atoms. The Bertz CT molecular complexity index is 681. The van der Waals surface area contributed by atoms with Crippen molar-refractivity contribution in [2.75, 3.05) is 13.6 Å². The number of hydrogen-bond acceptors (Lipinski definition) is 5. The fraction of sp³-hybridized carbons (Fsp3) is 0.333. The van der Waals surface area contributed by atoms with E-state index >= 15 is 0 Å². The number of thiazole rings is 1. The first-order valence-electron chi connectivity index (χ1n) is 7.17. The van der Waals surface area contributed by atoms with Crippen LogP contribution in [0, 0.1) is 17.0 Å². The summed E-state index contributed by atoms with van der Waals surface area (Å²) in [7, 11) is 1.71. The van der Waals surface area contributed by atoms with Crippen LogP contribution >= 0.6 is 11.3 Å². The molecule has 0 aliphatic carbocycles. The fourth-order valence-corrected chi connectivity index (χ4v) is 2.62. The van der Waals surface area contributed by atoms with E-state index in [9.17, 15) is 10.1 Å². The van der Waals surface area contributed by atoms with Crippen LogP contribution in [0.2, 0.25) is 0 Å². The van der Waals surface area contributed by atoms with Gasteiger partial charge in [-0.3, -0.25) is 15.1 Å². The lowest BCUT2D eigenvalue weighted by molar-refractivity contribution is -0.384. The molecule has 2 aromatic rings. The molecule has 0 spiro atoms. The Hall–Kier alpha value is -2.48. The van der Waals surface area contributed by atoms with Crippen molar-refractivity contribution < 1.29 is 4.92 Å². The average Bonchev–Trinajstić information content (AvgIpc) is 2.96. The minimum atomic E-state index is -0.405. The molecule has 1 aromatic carbocycles. The maximum absolute atomic E-state index is 10.6. The number of nitrogens with one attached hydrogen (secondary N) is 2. The van der Waals surface area contributed by atoms with E-state index in [2.05, 4.69) is 26.0 Å². The molecule has 0 radical (unpaired) electrons. The molecule has 0 atom stereocenters. The van der Waals surface area contributed by atoms with Gasteiger partial charge in [0.1, 0.15) is 0 Å². The summed E-state index contributed by atoms with van der Waals surface area (Å²) in [5.41, 5.74) is 2.12. The number of guanidine groups is 1. The van der Waals surface area contributed by atoms with Crippen LogP contribution < -0.4 is 10.6 Å². The van der Waals surface area contributed by atoms with E-state index in [0.717, 1.165) is 29.2 Å². The fourth-order valence-electron chi connectivity index (χ4n) is 1.97. The lowest BCUT2D eigenvalue weighted by atomic mass is 10.2. The Morgan fingerprint density at radius 1 is 1.35 bits per heavy atom. The molecule has 0 amide bonds. The molecule has 1 aromatic heterocycles. The number of nitro benzene ring substituents is 1. The predicted molar refractivity (Wildman–Crippen MR) is 91.9 cm³/mol. The summed E-state index contributed by atoms with van der Waals surface area (Å²) in [4.78, 5) is 18.8. The van der Waals surface area contributed by atoms with Crippen molar-refractivity contribution in [2.45, 2.75) is 19.9 Å². The smallest absolute Gasteiger partial charge is 0.269 e. The molecule has 2 rings (SSSR count). The molecule has 1 heterocycles. The van der Waals surface area contributed by atoms with Crippen molar-refractivity contribution in [2.24, 2.45) is 4.99 Å². The highest BCUT2D eigenvalue weighted by atomic mass is 32.1. The predicted octanol–water partition coefficient (Wildman–Crippen LogP) is 2.27. The summed E-state index contributed by atoms with van der Waals surface area (Å²) < 4.78 is 0. The van der Waals surface area contributed by atoms with Crippen molar-refractivity contribution in [1.82, 2.24) is 15.6 Å². The van der Waals surface area contributed by atoms with Gasteiger partial charge in [-0.15, -0.1) is 11.3 Å². The van der Waals surface area contributed by atoms with Crippen molar-refractivity contribution in [3.63, 3.8) is 0 Å². The van der Waals surface area contributed by atoms with Crippen LogP contribution in [0.1, 0.15) is 16.3 Å². The zero-order chi connectivity index (χ0) is 16.7. The summed E-state index contributed by atoms with van der Waals surface area (Å²) >= 11 is 1.65. The highest BCUT2D eigenvalue weighted by Crippen LogP contribution is 2.11. The van der Waals surface area contributed by atoms with E-state index < -0.39 is 4.92 Å². The Kier molecular flexibility index (Phi) is 6.04. The lowest BCUT2D eigenvalue weighted by Crippen LogP contribution is -2.37. The van der Waals surface area contributed by atoms with Crippen molar-refractivity contribution in [1.29, 1.82) is 0 Å². The number of aliphatic imine (C=N–C) groups is 1. The van der Waals surface area contributed by atoms with E-state index in [-0.39, 0.29) is 5.69 Å². The standard InChI is InChI=1S/C15H19N5O2S/c1-11-19-13(10-23-11)7-8-17-15(16-2)18-9-12-3-5-14(6-4-12)20(21)22/h3-6,10H,7-9H2,1-2H3,(H2,16,17,18). The number of rotatable bonds is 6. The van der Waals surface area contributed by atoms with Gasteiger partial charge in [0, 0.05) is 44.1 Å². The highest BCUT2D eigenvalue weighted by molar-refractivity contribution is 7.09. The number of non-ortho nitro benzene ring substituents is 1. The van der Waals surface area contributed by atoms with Crippen LogP contribution in [0.15, 0.2) is 34.6 Å². The van der Waals surface area contributed by atoms with Crippen molar-refractivity contribution in [3.05, 3.63) is 56.0 Å². The van der Waals surface area contributed by atoms with Crippen molar-refractivity contribution in [3.8, 4) is 0 Å². The third-order valence-corrected chi connectivity index (χ3v) is 3.99. The first-order chi connectivity index (χ1) is 11.1. The van der Waals surface area contributed by atoms with Gasteiger partial charge >= 0.3 is 0 Å². The maximum atomic E-state index is 10.6. The molecule has 0 saturated heterocycles. The normalized spacial score (nSPS) is 11.3. The molecule has 0 fully saturated rings. The molecule has 0 aliphatic rings. The Labute approximate surface area is 138 Å². The largest absolute Gasteiger partial charge is 0.356 e. The first kappa shape index (κ1) is 16.9. The van der Waals surface area contributed by atoms with E-state index in [1.54, 1.807) is 30.5 Å². The minimum Gasteiger partial charge on any atom is -0.356 e. The molecular formula is C15H19N5O2S. The van der Waals surface area contributed by atoms with Gasteiger partial charge in [-0.25, -0.2) is 4.98 Å². The quantitative estimate of drug-likeness (QED) is 0.366. The van der Waals surface area contributed by atoms with Gasteiger partial charge in [-0.1, -0.05) is 12.1 Å². The van der Waals surface area contributed by atoms with E-state index in [1.165, 1.54) is 12.1 Å². The Balaban J connectivity index is 1.77. The summed E-state index contributed by atoms with van der Waals surface area (Å²) in [6.07, 6.45) is 0.836.